The number of benzene rings is 1. The van der Waals surface area contributed by atoms with Gasteiger partial charge in [-0.15, -0.1) is 5.10 Å². The molecule has 0 radical (unpaired) electrons. The van der Waals surface area contributed by atoms with Crippen molar-refractivity contribution in [3.05, 3.63) is 30.6 Å². The van der Waals surface area contributed by atoms with E-state index in [0.717, 1.165) is 54.6 Å². The number of carbonyl (C=O) groups is 1. The highest BCUT2D eigenvalue weighted by Crippen LogP contribution is 2.21. The predicted octanol–water partition coefficient (Wildman–Crippen LogP) is 1.01. The van der Waals surface area contributed by atoms with Crippen LogP contribution in [0.25, 0.3) is 11.2 Å². The Balaban J connectivity index is 1.33. The molecule has 1 aliphatic rings. The molecule has 29 heavy (non-hydrogen) atoms. The molecule has 1 fully saturated rings. The number of anilines is 2. The van der Waals surface area contributed by atoms with E-state index in [2.05, 4.69) is 35.4 Å². The smallest absolute Gasteiger partial charge is 0.238 e. The molecule has 2 aromatic heterocycles. The standard InChI is InChI=1S/C19H24N8O2/c1-3-27-19-17(23-24-27)18(20-13-21-19)26-10-8-25(9-11-26)12-16(28)22-14-4-6-15(29-2)7-5-14/h4-7,13H,3,8-12H2,1-2H3,(H,22,28). The van der Waals surface area contributed by atoms with Gasteiger partial charge >= 0.3 is 0 Å². The first-order valence-corrected chi connectivity index (χ1v) is 9.63. The number of aryl methyl sites for hydroxylation is 1. The van der Waals surface area contributed by atoms with Crippen LogP contribution >= 0.6 is 0 Å². The zero-order valence-electron chi connectivity index (χ0n) is 16.6. The van der Waals surface area contributed by atoms with E-state index in [1.54, 1.807) is 18.1 Å². The molecular weight excluding hydrogens is 372 g/mol. The van der Waals surface area contributed by atoms with Crippen molar-refractivity contribution in [3.8, 4) is 5.75 Å². The van der Waals surface area contributed by atoms with E-state index in [1.807, 2.05) is 31.2 Å². The van der Waals surface area contributed by atoms with Crippen LogP contribution in [0.5, 0.6) is 5.75 Å². The van der Waals surface area contributed by atoms with E-state index in [4.69, 9.17) is 4.74 Å². The van der Waals surface area contributed by atoms with E-state index in [-0.39, 0.29) is 5.91 Å². The lowest BCUT2D eigenvalue weighted by Gasteiger charge is -2.34. The molecule has 152 valence electrons. The van der Waals surface area contributed by atoms with E-state index in [0.29, 0.717) is 13.1 Å². The van der Waals surface area contributed by atoms with Crippen molar-refractivity contribution >= 4 is 28.6 Å². The van der Waals surface area contributed by atoms with Crippen molar-refractivity contribution in [1.29, 1.82) is 0 Å². The van der Waals surface area contributed by atoms with E-state index in [9.17, 15) is 4.79 Å². The third kappa shape index (κ3) is 4.11. The zero-order valence-corrected chi connectivity index (χ0v) is 16.6. The second-order valence-corrected chi connectivity index (χ2v) is 6.81. The number of piperazine rings is 1. The molecule has 1 amide bonds. The Morgan fingerprint density at radius 1 is 1.14 bits per heavy atom. The van der Waals surface area contributed by atoms with Crippen molar-refractivity contribution in [2.24, 2.45) is 0 Å². The Bertz CT molecular complexity index is 980. The summed E-state index contributed by atoms with van der Waals surface area (Å²) in [5.41, 5.74) is 2.23. The first kappa shape index (κ1) is 19.1. The summed E-state index contributed by atoms with van der Waals surface area (Å²) in [4.78, 5) is 25.4. The predicted molar refractivity (Wildman–Crippen MR) is 109 cm³/mol. The number of nitrogens with one attached hydrogen (secondary N) is 1. The van der Waals surface area contributed by atoms with Crippen LogP contribution in [-0.2, 0) is 11.3 Å². The Morgan fingerprint density at radius 2 is 1.90 bits per heavy atom. The van der Waals surface area contributed by atoms with Crippen LogP contribution in [0, 0.1) is 0 Å². The van der Waals surface area contributed by atoms with Gasteiger partial charge in [0.25, 0.3) is 0 Å². The van der Waals surface area contributed by atoms with Gasteiger partial charge in [-0.1, -0.05) is 5.21 Å². The fourth-order valence-electron chi connectivity index (χ4n) is 3.42. The number of ether oxygens (including phenoxy) is 1. The van der Waals surface area contributed by atoms with Crippen molar-refractivity contribution in [2.75, 3.05) is 50.1 Å². The number of nitrogens with zero attached hydrogens (tertiary/aromatic N) is 7. The summed E-state index contributed by atoms with van der Waals surface area (Å²) in [6.07, 6.45) is 1.56. The van der Waals surface area contributed by atoms with Gasteiger partial charge < -0.3 is 15.0 Å². The van der Waals surface area contributed by atoms with Gasteiger partial charge in [-0.25, -0.2) is 14.6 Å². The third-order valence-corrected chi connectivity index (χ3v) is 4.99. The van der Waals surface area contributed by atoms with Crippen LogP contribution in [0.1, 0.15) is 6.92 Å². The Kier molecular flexibility index (Phi) is 5.52. The highest BCUT2D eigenvalue weighted by atomic mass is 16.5. The number of fused-ring (bicyclic) bond motifs is 1. The summed E-state index contributed by atoms with van der Waals surface area (Å²) in [6.45, 7) is 6.13. The SMILES string of the molecule is CCn1nnc2c(N3CCN(CC(=O)Nc4ccc(OC)cc4)CC3)ncnc21. The molecule has 3 aromatic rings. The lowest BCUT2D eigenvalue weighted by atomic mass is 10.2. The van der Waals surface area contributed by atoms with Crippen molar-refractivity contribution in [1.82, 2.24) is 29.9 Å². The lowest BCUT2D eigenvalue weighted by molar-refractivity contribution is -0.117. The van der Waals surface area contributed by atoms with E-state index >= 15 is 0 Å². The van der Waals surface area contributed by atoms with Gasteiger partial charge in [0.05, 0.1) is 13.7 Å². The fourth-order valence-corrected chi connectivity index (χ4v) is 3.42. The number of aromatic nitrogens is 5. The Morgan fingerprint density at radius 3 is 2.59 bits per heavy atom. The quantitative estimate of drug-likeness (QED) is 0.659. The molecule has 4 rings (SSSR count). The number of rotatable bonds is 6. The molecule has 3 heterocycles. The normalized spacial score (nSPS) is 14.9. The van der Waals surface area contributed by atoms with Gasteiger partial charge in [0.2, 0.25) is 5.91 Å². The molecule has 0 saturated carbocycles. The van der Waals surface area contributed by atoms with Gasteiger partial charge in [-0.3, -0.25) is 9.69 Å². The summed E-state index contributed by atoms with van der Waals surface area (Å²) >= 11 is 0. The highest BCUT2D eigenvalue weighted by Gasteiger charge is 2.23. The molecule has 1 N–H and O–H groups in total. The van der Waals surface area contributed by atoms with Crippen LogP contribution in [0.2, 0.25) is 0 Å². The molecule has 0 spiro atoms. The molecule has 0 bridgehead atoms. The molecule has 1 saturated heterocycles. The van der Waals surface area contributed by atoms with Crippen LogP contribution in [-0.4, -0.2) is 75.6 Å². The Hall–Kier alpha value is -3.27. The van der Waals surface area contributed by atoms with Crippen LogP contribution in [0.3, 0.4) is 0 Å². The van der Waals surface area contributed by atoms with Gasteiger partial charge in [0.1, 0.15) is 12.1 Å². The summed E-state index contributed by atoms with van der Waals surface area (Å²) in [7, 11) is 1.62. The molecule has 10 heteroatoms. The Labute approximate surface area is 168 Å². The van der Waals surface area contributed by atoms with Gasteiger partial charge in [0, 0.05) is 38.4 Å². The summed E-state index contributed by atoms with van der Waals surface area (Å²) in [5.74, 6) is 1.54. The minimum Gasteiger partial charge on any atom is -0.497 e. The highest BCUT2D eigenvalue weighted by molar-refractivity contribution is 5.92. The van der Waals surface area contributed by atoms with Gasteiger partial charge in [0.15, 0.2) is 17.0 Å². The molecule has 1 aliphatic heterocycles. The summed E-state index contributed by atoms with van der Waals surface area (Å²) < 4.78 is 6.90. The largest absolute Gasteiger partial charge is 0.497 e. The number of hydrogen-bond donors (Lipinski definition) is 1. The van der Waals surface area contributed by atoms with Crippen molar-refractivity contribution < 1.29 is 9.53 Å². The summed E-state index contributed by atoms with van der Waals surface area (Å²) in [6, 6.07) is 7.31. The number of amides is 1. The van der Waals surface area contributed by atoms with Crippen LogP contribution in [0.4, 0.5) is 11.5 Å². The average Bonchev–Trinajstić information content (AvgIpc) is 3.18. The minimum absolute atomic E-state index is 0.0288. The van der Waals surface area contributed by atoms with Crippen LogP contribution in [0.15, 0.2) is 30.6 Å². The van der Waals surface area contributed by atoms with Crippen molar-refractivity contribution in [3.63, 3.8) is 0 Å². The molecule has 0 atom stereocenters. The third-order valence-electron chi connectivity index (χ3n) is 4.99. The van der Waals surface area contributed by atoms with E-state index in [1.165, 1.54) is 0 Å². The number of hydrogen-bond acceptors (Lipinski definition) is 8. The average molecular weight is 396 g/mol. The van der Waals surface area contributed by atoms with Crippen molar-refractivity contribution in [2.45, 2.75) is 13.5 Å². The van der Waals surface area contributed by atoms with E-state index < -0.39 is 0 Å². The maximum Gasteiger partial charge on any atom is 0.238 e. The molecular formula is C19H24N8O2. The number of carbonyl (C=O) groups excluding carboxylic acids is 1. The molecule has 10 nitrogen and oxygen atoms in total. The minimum atomic E-state index is -0.0288. The zero-order chi connectivity index (χ0) is 20.2. The number of methoxy groups -OCH3 is 1. The summed E-state index contributed by atoms with van der Waals surface area (Å²) in [5, 5.41) is 11.3. The molecule has 0 unspecified atom stereocenters. The topological polar surface area (TPSA) is 101 Å². The maximum absolute atomic E-state index is 12.4. The molecule has 0 aliphatic carbocycles. The molecule has 1 aromatic carbocycles. The lowest BCUT2D eigenvalue weighted by Crippen LogP contribution is -2.49. The van der Waals surface area contributed by atoms with Gasteiger partial charge in [-0.2, -0.15) is 0 Å². The second kappa shape index (κ2) is 8.39. The first-order chi connectivity index (χ1) is 14.2. The maximum atomic E-state index is 12.4. The second-order valence-electron chi connectivity index (χ2n) is 6.81. The van der Waals surface area contributed by atoms with Gasteiger partial charge in [-0.05, 0) is 31.2 Å². The fraction of sp³-hybridized carbons (Fsp3) is 0.421. The monoisotopic (exact) mass is 396 g/mol. The van der Waals surface area contributed by atoms with Crippen LogP contribution < -0.4 is 15.0 Å². The first-order valence-electron chi connectivity index (χ1n) is 9.63.